The van der Waals surface area contributed by atoms with Gasteiger partial charge in [0.2, 0.25) is 5.91 Å². The Morgan fingerprint density at radius 1 is 1.10 bits per heavy atom. The number of thiophene rings is 1. The monoisotopic (exact) mass is 470 g/mol. The van der Waals surface area contributed by atoms with Crippen LogP contribution in [0.4, 0.5) is 0 Å². The molecule has 1 aromatic heterocycles. The highest BCUT2D eigenvalue weighted by molar-refractivity contribution is 7.91. The van der Waals surface area contributed by atoms with Crippen LogP contribution in [0.15, 0.2) is 34.5 Å². The van der Waals surface area contributed by atoms with E-state index in [1.54, 1.807) is 11.0 Å². The average Bonchev–Trinajstić information content (AvgIpc) is 3.17. The summed E-state index contributed by atoms with van der Waals surface area (Å²) in [5, 5.41) is 0. The van der Waals surface area contributed by atoms with Crippen molar-refractivity contribution in [3.05, 3.63) is 45.8 Å². The molecule has 0 aliphatic carbocycles. The Bertz CT molecular complexity index is 983. The lowest BCUT2D eigenvalue weighted by Crippen LogP contribution is -2.50. The summed E-state index contributed by atoms with van der Waals surface area (Å²) in [7, 11) is -3.53. The van der Waals surface area contributed by atoms with Crippen LogP contribution < -0.4 is 4.74 Å². The lowest BCUT2D eigenvalue weighted by molar-refractivity contribution is -0.132. The SMILES string of the molecule is Cc1ccc(C)c(OCCCCC(=O)N2CCN(S(=O)(=O)c3ccc(Cl)s3)CC2)c1. The van der Waals surface area contributed by atoms with Crippen molar-refractivity contribution in [3.8, 4) is 5.75 Å². The van der Waals surface area contributed by atoms with Crippen LogP contribution in [0.3, 0.4) is 0 Å². The fraction of sp³-hybridized carbons (Fsp3) is 0.476. The molecule has 0 saturated carbocycles. The van der Waals surface area contributed by atoms with Gasteiger partial charge in [-0.05, 0) is 56.0 Å². The van der Waals surface area contributed by atoms with Gasteiger partial charge in [-0.2, -0.15) is 4.31 Å². The first-order valence-corrected chi connectivity index (χ1v) is 12.6. The number of amides is 1. The Labute approximate surface area is 187 Å². The van der Waals surface area contributed by atoms with Crippen LogP contribution in [0.2, 0.25) is 4.34 Å². The molecule has 6 nitrogen and oxygen atoms in total. The van der Waals surface area contributed by atoms with Gasteiger partial charge in [0.05, 0.1) is 10.9 Å². The van der Waals surface area contributed by atoms with E-state index in [0.29, 0.717) is 43.5 Å². The van der Waals surface area contributed by atoms with Gasteiger partial charge in [-0.3, -0.25) is 4.79 Å². The third-order valence-electron chi connectivity index (χ3n) is 5.12. The molecule has 1 amide bonds. The number of halogens is 1. The summed E-state index contributed by atoms with van der Waals surface area (Å²) in [6.07, 6.45) is 1.99. The summed E-state index contributed by atoms with van der Waals surface area (Å²) in [5.74, 6) is 0.962. The first-order chi connectivity index (χ1) is 14.3. The van der Waals surface area contributed by atoms with E-state index in [1.165, 1.54) is 10.4 Å². The summed E-state index contributed by atoms with van der Waals surface area (Å²) in [6, 6.07) is 9.24. The molecule has 2 aromatic rings. The van der Waals surface area contributed by atoms with Crippen LogP contribution in [-0.2, 0) is 14.8 Å². The zero-order valence-corrected chi connectivity index (χ0v) is 19.7. The summed E-state index contributed by atoms with van der Waals surface area (Å²) in [4.78, 5) is 14.2. The van der Waals surface area contributed by atoms with Crippen molar-refractivity contribution in [2.45, 2.75) is 37.3 Å². The van der Waals surface area contributed by atoms with Crippen molar-refractivity contribution in [1.82, 2.24) is 9.21 Å². The van der Waals surface area contributed by atoms with Crippen LogP contribution in [0.25, 0.3) is 0 Å². The van der Waals surface area contributed by atoms with E-state index in [0.717, 1.165) is 41.1 Å². The number of benzene rings is 1. The molecule has 1 aliphatic rings. The smallest absolute Gasteiger partial charge is 0.252 e. The van der Waals surface area contributed by atoms with Crippen LogP contribution in [0, 0.1) is 13.8 Å². The summed E-state index contributed by atoms with van der Waals surface area (Å²) in [5.41, 5.74) is 2.27. The molecule has 30 heavy (non-hydrogen) atoms. The van der Waals surface area contributed by atoms with E-state index in [1.807, 2.05) is 26.0 Å². The van der Waals surface area contributed by atoms with Gasteiger partial charge in [0.1, 0.15) is 9.96 Å². The molecule has 9 heteroatoms. The number of carbonyl (C=O) groups excluding carboxylic acids is 1. The lowest BCUT2D eigenvalue weighted by atomic mass is 10.1. The van der Waals surface area contributed by atoms with Gasteiger partial charge in [0.15, 0.2) is 0 Å². The van der Waals surface area contributed by atoms with Crippen LogP contribution in [0.5, 0.6) is 5.75 Å². The van der Waals surface area contributed by atoms with Gasteiger partial charge in [-0.15, -0.1) is 11.3 Å². The Hall–Kier alpha value is -1.61. The number of unbranched alkanes of at least 4 members (excludes halogenated alkanes) is 1. The fourth-order valence-corrected chi connectivity index (χ4v) is 6.38. The highest BCUT2D eigenvalue weighted by Gasteiger charge is 2.30. The van der Waals surface area contributed by atoms with Gasteiger partial charge >= 0.3 is 0 Å². The highest BCUT2D eigenvalue weighted by Crippen LogP contribution is 2.28. The highest BCUT2D eigenvalue weighted by atomic mass is 35.5. The van der Waals surface area contributed by atoms with Gasteiger partial charge in [-0.25, -0.2) is 8.42 Å². The molecule has 0 unspecified atom stereocenters. The molecule has 0 bridgehead atoms. The minimum absolute atomic E-state index is 0.0675. The van der Waals surface area contributed by atoms with Crippen molar-refractivity contribution < 1.29 is 17.9 Å². The summed E-state index contributed by atoms with van der Waals surface area (Å²) in [6.45, 7) is 6.06. The maximum Gasteiger partial charge on any atom is 0.252 e. The molecule has 3 rings (SSSR count). The Morgan fingerprint density at radius 3 is 2.50 bits per heavy atom. The first kappa shape index (κ1) is 23.1. The minimum atomic E-state index is -3.53. The van der Waals surface area contributed by atoms with Crippen molar-refractivity contribution in [2.75, 3.05) is 32.8 Å². The predicted octanol–water partition coefficient (Wildman–Crippen LogP) is 4.10. The summed E-state index contributed by atoms with van der Waals surface area (Å²) < 4.78 is 33.2. The molecular weight excluding hydrogens is 444 g/mol. The standard InChI is InChI=1S/C21H27ClN2O4S2/c1-16-6-7-17(2)18(15-16)28-14-4-3-5-20(25)23-10-12-24(13-11-23)30(26,27)21-9-8-19(22)29-21/h6-9,15H,3-5,10-14H2,1-2H3. The van der Waals surface area contributed by atoms with E-state index >= 15 is 0 Å². The summed E-state index contributed by atoms with van der Waals surface area (Å²) >= 11 is 6.92. The molecule has 2 heterocycles. The van der Waals surface area contributed by atoms with E-state index in [4.69, 9.17) is 16.3 Å². The van der Waals surface area contributed by atoms with Crippen LogP contribution in [0.1, 0.15) is 30.4 Å². The molecule has 1 aromatic carbocycles. The van der Waals surface area contributed by atoms with Crippen molar-refractivity contribution in [3.63, 3.8) is 0 Å². The molecule has 1 fully saturated rings. The molecule has 164 valence electrons. The fourth-order valence-electron chi connectivity index (χ4n) is 3.32. The average molecular weight is 471 g/mol. The molecule has 0 spiro atoms. The van der Waals surface area contributed by atoms with Crippen LogP contribution in [-0.4, -0.2) is 56.3 Å². The number of piperazine rings is 1. The normalized spacial score (nSPS) is 15.4. The molecule has 1 aliphatic heterocycles. The molecule has 0 N–H and O–H groups in total. The van der Waals surface area contributed by atoms with Crippen molar-refractivity contribution in [1.29, 1.82) is 0 Å². The number of rotatable bonds is 8. The van der Waals surface area contributed by atoms with Gasteiger partial charge < -0.3 is 9.64 Å². The third kappa shape index (κ3) is 5.75. The van der Waals surface area contributed by atoms with Gasteiger partial charge in [0, 0.05) is 32.6 Å². The topological polar surface area (TPSA) is 66.9 Å². The van der Waals surface area contributed by atoms with Gasteiger partial charge in [-0.1, -0.05) is 23.7 Å². The zero-order valence-electron chi connectivity index (χ0n) is 17.3. The molecule has 0 atom stereocenters. The number of ether oxygens (including phenoxy) is 1. The van der Waals surface area contributed by atoms with E-state index in [-0.39, 0.29) is 10.1 Å². The quantitative estimate of drug-likeness (QED) is 0.545. The van der Waals surface area contributed by atoms with Crippen molar-refractivity contribution >= 4 is 38.9 Å². The Kier molecular flexibility index (Phi) is 7.79. The Morgan fingerprint density at radius 2 is 1.83 bits per heavy atom. The number of sulfonamides is 1. The number of hydrogen-bond donors (Lipinski definition) is 0. The zero-order chi connectivity index (χ0) is 21.7. The largest absolute Gasteiger partial charge is 0.493 e. The lowest BCUT2D eigenvalue weighted by Gasteiger charge is -2.33. The number of carbonyl (C=O) groups is 1. The molecule has 0 radical (unpaired) electrons. The second kappa shape index (κ2) is 10.1. The third-order valence-corrected chi connectivity index (χ3v) is 8.72. The predicted molar refractivity (Wildman–Crippen MR) is 120 cm³/mol. The maximum atomic E-state index is 12.6. The Balaban J connectivity index is 1.39. The van der Waals surface area contributed by atoms with Gasteiger partial charge in [0.25, 0.3) is 10.0 Å². The second-order valence-corrected chi connectivity index (χ2v) is 11.3. The van der Waals surface area contributed by atoms with E-state index in [9.17, 15) is 13.2 Å². The second-order valence-electron chi connectivity index (χ2n) is 7.42. The molecule has 1 saturated heterocycles. The van der Waals surface area contributed by atoms with E-state index < -0.39 is 10.0 Å². The molecular formula is C21H27ClN2O4S2. The number of aryl methyl sites for hydroxylation is 2. The van der Waals surface area contributed by atoms with Crippen molar-refractivity contribution in [2.24, 2.45) is 0 Å². The number of hydrogen-bond acceptors (Lipinski definition) is 5. The van der Waals surface area contributed by atoms with Crippen LogP contribution >= 0.6 is 22.9 Å². The minimum Gasteiger partial charge on any atom is -0.493 e. The maximum absolute atomic E-state index is 12.6. The first-order valence-electron chi connectivity index (χ1n) is 10.0. The number of nitrogens with zero attached hydrogens (tertiary/aromatic N) is 2. The van der Waals surface area contributed by atoms with E-state index in [2.05, 4.69) is 6.07 Å².